The second-order valence-electron chi connectivity index (χ2n) is 3.44. The standard InChI is InChI=1S/C10H20ClNO/c1-5-9(4)12(6-2)10(13)8(3)7-11/h8-9H,5-7H2,1-4H3. The predicted octanol–water partition coefficient (Wildman–Crippen LogP) is 2.51. The van der Waals surface area contributed by atoms with E-state index in [1.165, 1.54) is 0 Å². The van der Waals surface area contributed by atoms with Gasteiger partial charge in [0.15, 0.2) is 0 Å². The molecule has 0 aliphatic rings. The van der Waals surface area contributed by atoms with Crippen LogP contribution in [-0.4, -0.2) is 29.3 Å². The number of rotatable bonds is 5. The molecule has 0 aromatic carbocycles. The minimum atomic E-state index is -0.0596. The Bertz CT molecular complexity index is 161. The third-order valence-electron chi connectivity index (χ3n) is 2.40. The number of nitrogens with zero attached hydrogens (tertiary/aromatic N) is 1. The van der Waals surface area contributed by atoms with Crippen molar-refractivity contribution in [1.82, 2.24) is 4.90 Å². The maximum Gasteiger partial charge on any atom is 0.226 e. The second kappa shape index (κ2) is 6.25. The minimum Gasteiger partial charge on any atom is -0.340 e. The van der Waals surface area contributed by atoms with E-state index in [1.54, 1.807) is 0 Å². The van der Waals surface area contributed by atoms with Crippen LogP contribution in [0.3, 0.4) is 0 Å². The van der Waals surface area contributed by atoms with Crippen LogP contribution < -0.4 is 0 Å². The Kier molecular flexibility index (Phi) is 6.13. The summed E-state index contributed by atoms with van der Waals surface area (Å²) in [5, 5.41) is 0. The number of halogens is 1. The summed E-state index contributed by atoms with van der Waals surface area (Å²) in [6.45, 7) is 8.81. The van der Waals surface area contributed by atoms with Crippen LogP contribution in [0.15, 0.2) is 0 Å². The van der Waals surface area contributed by atoms with Crippen molar-refractivity contribution in [3.05, 3.63) is 0 Å². The van der Waals surface area contributed by atoms with E-state index in [2.05, 4.69) is 13.8 Å². The second-order valence-corrected chi connectivity index (χ2v) is 3.75. The molecule has 0 heterocycles. The average Bonchev–Trinajstić information content (AvgIpc) is 2.17. The number of alkyl halides is 1. The number of carbonyl (C=O) groups is 1. The number of carbonyl (C=O) groups excluding carboxylic acids is 1. The smallest absolute Gasteiger partial charge is 0.226 e. The molecule has 0 fully saturated rings. The Hall–Kier alpha value is -0.240. The first-order chi connectivity index (χ1) is 6.08. The van der Waals surface area contributed by atoms with Crippen molar-refractivity contribution in [2.24, 2.45) is 5.92 Å². The maximum absolute atomic E-state index is 11.7. The molecule has 0 saturated carbocycles. The van der Waals surface area contributed by atoms with E-state index < -0.39 is 0 Å². The highest BCUT2D eigenvalue weighted by Gasteiger charge is 2.21. The highest BCUT2D eigenvalue weighted by atomic mass is 35.5. The lowest BCUT2D eigenvalue weighted by molar-refractivity contribution is -0.136. The zero-order valence-corrected chi connectivity index (χ0v) is 9.77. The van der Waals surface area contributed by atoms with Crippen molar-refractivity contribution in [2.75, 3.05) is 12.4 Å². The van der Waals surface area contributed by atoms with Crippen LogP contribution >= 0.6 is 11.6 Å². The SMILES string of the molecule is CCC(C)N(CC)C(=O)C(C)CCl. The normalized spacial score (nSPS) is 15.2. The summed E-state index contributed by atoms with van der Waals surface area (Å²) in [7, 11) is 0. The molecule has 0 aliphatic carbocycles. The first-order valence-corrected chi connectivity index (χ1v) is 5.48. The van der Waals surface area contributed by atoms with Crippen molar-refractivity contribution in [3.8, 4) is 0 Å². The van der Waals surface area contributed by atoms with Crippen LogP contribution in [0.25, 0.3) is 0 Å². The molecule has 1 amide bonds. The van der Waals surface area contributed by atoms with Crippen LogP contribution in [0.4, 0.5) is 0 Å². The molecule has 2 nitrogen and oxygen atoms in total. The molecule has 0 aliphatic heterocycles. The molecule has 3 heteroatoms. The van der Waals surface area contributed by atoms with Gasteiger partial charge in [-0.1, -0.05) is 13.8 Å². The molecule has 2 atom stereocenters. The van der Waals surface area contributed by atoms with Gasteiger partial charge in [0.25, 0.3) is 0 Å². The third kappa shape index (κ3) is 3.55. The molecular formula is C10H20ClNO. The first kappa shape index (κ1) is 12.8. The molecule has 0 saturated heterocycles. The molecule has 0 aromatic rings. The molecule has 78 valence electrons. The third-order valence-corrected chi connectivity index (χ3v) is 2.86. The van der Waals surface area contributed by atoms with Gasteiger partial charge in [-0.15, -0.1) is 11.6 Å². The van der Waals surface area contributed by atoms with E-state index in [-0.39, 0.29) is 11.8 Å². The van der Waals surface area contributed by atoms with Gasteiger partial charge in [-0.05, 0) is 20.3 Å². The van der Waals surface area contributed by atoms with E-state index in [9.17, 15) is 4.79 Å². The van der Waals surface area contributed by atoms with Gasteiger partial charge >= 0.3 is 0 Å². The molecule has 0 spiro atoms. The fourth-order valence-corrected chi connectivity index (χ4v) is 1.39. The molecule has 0 radical (unpaired) electrons. The van der Waals surface area contributed by atoms with E-state index in [0.29, 0.717) is 11.9 Å². The van der Waals surface area contributed by atoms with Gasteiger partial charge in [0, 0.05) is 24.4 Å². The lowest BCUT2D eigenvalue weighted by Gasteiger charge is -2.29. The zero-order valence-electron chi connectivity index (χ0n) is 9.01. The Morgan fingerprint density at radius 1 is 1.38 bits per heavy atom. The highest BCUT2D eigenvalue weighted by molar-refractivity contribution is 6.19. The summed E-state index contributed by atoms with van der Waals surface area (Å²) < 4.78 is 0. The molecule has 13 heavy (non-hydrogen) atoms. The lowest BCUT2D eigenvalue weighted by Crippen LogP contribution is -2.41. The summed E-state index contributed by atoms with van der Waals surface area (Å²) in [6, 6.07) is 0.322. The molecule has 0 N–H and O–H groups in total. The monoisotopic (exact) mass is 205 g/mol. The topological polar surface area (TPSA) is 20.3 Å². The van der Waals surface area contributed by atoms with Gasteiger partial charge in [-0.2, -0.15) is 0 Å². The Balaban J connectivity index is 4.31. The summed E-state index contributed by atoms with van der Waals surface area (Å²) in [5.74, 6) is 0.522. The molecule has 0 bridgehead atoms. The first-order valence-electron chi connectivity index (χ1n) is 4.94. The lowest BCUT2D eigenvalue weighted by atomic mass is 10.1. The zero-order chi connectivity index (χ0) is 10.4. The number of hydrogen-bond donors (Lipinski definition) is 0. The number of hydrogen-bond acceptors (Lipinski definition) is 1. The van der Waals surface area contributed by atoms with Crippen LogP contribution in [0.2, 0.25) is 0 Å². The van der Waals surface area contributed by atoms with Crippen molar-refractivity contribution in [3.63, 3.8) is 0 Å². The van der Waals surface area contributed by atoms with Gasteiger partial charge < -0.3 is 4.90 Å². The van der Waals surface area contributed by atoms with Gasteiger partial charge in [0.1, 0.15) is 0 Å². The van der Waals surface area contributed by atoms with E-state index in [1.807, 2.05) is 18.7 Å². The van der Waals surface area contributed by atoms with Crippen LogP contribution in [0.5, 0.6) is 0 Å². The largest absolute Gasteiger partial charge is 0.340 e. The molecule has 0 aromatic heterocycles. The van der Waals surface area contributed by atoms with Gasteiger partial charge in [-0.25, -0.2) is 0 Å². The van der Waals surface area contributed by atoms with Gasteiger partial charge in [0.05, 0.1) is 0 Å². The van der Waals surface area contributed by atoms with Crippen molar-refractivity contribution in [2.45, 2.75) is 40.2 Å². The Morgan fingerprint density at radius 3 is 2.23 bits per heavy atom. The minimum absolute atomic E-state index is 0.0596. The fraction of sp³-hybridized carbons (Fsp3) is 0.900. The van der Waals surface area contributed by atoms with E-state index in [4.69, 9.17) is 11.6 Å². The molecule has 0 rings (SSSR count). The maximum atomic E-state index is 11.7. The molecule has 2 unspecified atom stereocenters. The predicted molar refractivity (Wildman–Crippen MR) is 57.0 cm³/mol. The fourth-order valence-electron chi connectivity index (χ4n) is 1.25. The van der Waals surface area contributed by atoms with Crippen molar-refractivity contribution >= 4 is 17.5 Å². The van der Waals surface area contributed by atoms with Crippen LogP contribution in [-0.2, 0) is 4.79 Å². The van der Waals surface area contributed by atoms with Gasteiger partial charge in [0.2, 0.25) is 5.91 Å². The quantitative estimate of drug-likeness (QED) is 0.632. The summed E-state index contributed by atoms with van der Waals surface area (Å²) >= 11 is 5.65. The van der Waals surface area contributed by atoms with E-state index >= 15 is 0 Å². The van der Waals surface area contributed by atoms with Crippen LogP contribution in [0.1, 0.15) is 34.1 Å². The average molecular weight is 206 g/mol. The van der Waals surface area contributed by atoms with Gasteiger partial charge in [-0.3, -0.25) is 4.79 Å². The van der Waals surface area contributed by atoms with E-state index in [0.717, 1.165) is 13.0 Å². The van der Waals surface area contributed by atoms with Crippen LogP contribution in [0, 0.1) is 5.92 Å². The Morgan fingerprint density at radius 2 is 1.92 bits per heavy atom. The Labute approximate surface area is 86.2 Å². The number of amides is 1. The highest BCUT2D eigenvalue weighted by Crippen LogP contribution is 2.10. The van der Waals surface area contributed by atoms with Crippen molar-refractivity contribution in [1.29, 1.82) is 0 Å². The molecular weight excluding hydrogens is 186 g/mol. The van der Waals surface area contributed by atoms with Crippen molar-refractivity contribution < 1.29 is 4.79 Å². The summed E-state index contributed by atoms with van der Waals surface area (Å²) in [4.78, 5) is 13.6. The summed E-state index contributed by atoms with van der Waals surface area (Å²) in [5.41, 5.74) is 0. The summed E-state index contributed by atoms with van der Waals surface area (Å²) in [6.07, 6.45) is 0.995.